The Labute approximate surface area is 106 Å². The molecule has 0 aliphatic heterocycles. The number of alkyl halides is 1. The van der Waals surface area contributed by atoms with Crippen molar-refractivity contribution in [2.24, 2.45) is 0 Å². The Hall–Kier alpha value is -1.71. The number of ether oxygens (including phenoxy) is 1. The van der Waals surface area contributed by atoms with Gasteiger partial charge in [-0.2, -0.15) is 0 Å². The SMILES string of the molecule is CCCCC(=O)C(F)C(=O)c1ccccc1OC. The number of methoxy groups -OCH3 is 1. The van der Waals surface area contributed by atoms with Gasteiger partial charge in [0.05, 0.1) is 12.7 Å². The molecule has 3 nitrogen and oxygen atoms in total. The zero-order valence-electron chi connectivity index (χ0n) is 10.6. The first-order valence-corrected chi connectivity index (χ1v) is 5.95. The molecule has 0 aromatic heterocycles. The highest BCUT2D eigenvalue weighted by atomic mass is 19.1. The lowest BCUT2D eigenvalue weighted by Gasteiger charge is -2.09. The number of carbonyl (C=O) groups excluding carboxylic acids is 2. The molecule has 4 heteroatoms. The minimum Gasteiger partial charge on any atom is -0.496 e. The van der Waals surface area contributed by atoms with Crippen LogP contribution < -0.4 is 4.74 Å². The van der Waals surface area contributed by atoms with E-state index in [2.05, 4.69) is 0 Å². The molecule has 0 aliphatic carbocycles. The summed E-state index contributed by atoms with van der Waals surface area (Å²) in [6.07, 6.45) is -0.606. The smallest absolute Gasteiger partial charge is 0.220 e. The molecule has 1 aromatic rings. The second kappa shape index (κ2) is 6.89. The van der Waals surface area contributed by atoms with Crippen molar-refractivity contribution in [3.05, 3.63) is 29.8 Å². The predicted molar refractivity (Wildman–Crippen MR) is 66.8 cm³/mol. The average Bonchev–Trinajstić information content (AvgIpc) is 2.42. The van der Waals surface area contributed by atoms with E-state index in [0.717, 1.165) is 6.42 Å². The minimum absolute atomic E-state index is 0.0958. The van der Waals surface area contributed by atoms with Gasteiger partial charge in [0.1, 0.15) is 5.75 Å². The molecule has 0 N–H and O–H groups in total. The molecule has 0 saturated carbocycles. The molecule has 1 rings (SSSR count). The number of rotatable bonds is 7. The standard InChI is InChI=1S/C14H17FO3/c1-3-4-8-11(16)13(15)14(17)10-7-5-6-9-12(10)18-2/h5-7,9,13H,3-4,8H2,1-2H3. The highest BCUT2D eigenvalue weighted by molar-refractivity contribution is 6.14. The van der Waals surface area contributed by atoms with E-state index in [1.807, 2.05) is 6.92 Å². The highest BCUT2D eigenvalue weighted by Crippen LogP contribution is 2.20. The monoisotopic (exact) mass is 252 g/mol. The van der Waals surface area contributed by atoms with E-state index in [9.17, 15) is 14.0 Å². The maximum Gasteiger partial charge on any atom is 0.220 e. The van der Waals surface area contributed by atoms with Crippen LogP contribution in [0.4, 0.5) is 4.39 Å². The molecule has 98 valence electrons. The molecular weight excluding hydrogens is 235 g/mol. The zero-order chi connectivity index (χ0) is 13.5. The number of para-hydroxylation sites is 1. The lowest BCUT2D eigenvalue weighted by Crippen LogP contribution is -2.26. The molecular formula is C14H17FO3. The van der Waals surface area contributed by atoms with Gasteiger partial charge in [-0.3, -0.25) is 9.59 Å². The Kier molecular flexibility index (Phi) is 5.49. The largest absolute Gasteiger partial charge is 0.496 e. The Morgan fingerprint density at radius 3 is 2.61 bits per heavy atom. The van der Waals surface area contributed by atoms with Crippen molar-refractivity contribution in [2.45, 2.75) is 32.4 Å². The normalized spacial score (nSPS) is 11.9. The first-order valence-electron chi connectivity index (χ1n) is 5.95. The summed E-state index contributed by atoms with van der Waals surface area (Å²) in [7, 11) is 1.40. The number of carbonyl (C=O) groups is 2. The maximum absolute atomic E-state index is 13.8. The second-order valence-corrected chi connectivity index (χ2v) is 4.00. The summed E-state index contributed by atoms with van der Waals surface area (Å²) in [4.78, 5) is 23.3. The summed E-state index contributed by atoms with van der Waals surface area (Å²) < 4.78 is 18.7. The summed E-state index contributed by atoms with van der Waals surface area (Å²) in [6, 6.07) is 6.32. The molecule has 1 atom stereocenters. The second-order valence-electron chi connectivity index (χ2n) is 4.00. The minimum atomic E-state index is -2.09. The first kappa shape index (κ1) is 14.4. The van der Waals surface area contributed by atoms with Crippen LogP contribution in [0.1, 0.15) is 36.5 Å². The zero-order valence-corrected chi connectivity index (χ0v) is 10.6. The van der Waals surface area contributed by atoms with Gasteiger partial charge in [-0.05, 0) is 18.6 Å². The lowest BCUT2D eigenvalue weighted by atomic mass is 10.0. The van der Waals surface area contributed by atoms with Crippen LogP contribution in [0.2, 0.25) is 0 Å². The van der Waals surface area contributed by atoms with Crippen molar-refractivity contribution in [2.75, 3.05) is 7.11 Å². The van der Waals surface area contributed by atoms with Crippen LogP contribution in [0, 0.1) is 0 Å². The Bertz CT molecular complexity index is 429. The molecule has 0 radical (unpaired) electrons. The van der Waals surface area contributed by atoms with Crippen LogP contribution in [-0.4, -0.2) is 24.8 Å². The molecule has 0 aliphatic rings. The van der Waals surface area contributed by atoms with Crippen molar-refractivity contribution < 1.29 is 18.7 Å². The fourth-order valence-electron chi connectivity index (χ4n) is 1.61. The Balaban J connectivity index is 2.83. The van der Waals surface area contributed by atoms with Gasteiger partial charge < -0.3 is 4.74 Å². The molecule has 0 spiro atoms. The van der Waals surface area contributed by atoms with Crippen LogP contribution in [0.3, 0.4) is 0 Å². The highest BCUT2D eigenvalue weighted by Gasteiger charge is 2.28. The van der Waals surface area contributed by atoms with Crippen molar-refractivity contribution in [3.8, 4) is 5.75 Å². The average molecular weight is 252 g/mol. The Morgan fingerprint density at radius 1 is 1.33 bits per heavy atom. The fraction of sp³-hybridized carbons (Fsp3) is 0.429. The number of ketones is 2. The predicted octanol–water partition coefficient (Wildman–Crippen LogP) is 2.98. The van der Waals surface area contributed by atoms with Crippen molar-refractivity contribution >= 4 is 11.6 Å². The third-order valence-corrected chi connectivity index (χ3v) is 2.66. The number of unbranched alkanes of at least 4 members (excludes halogenated alkanes) is 1. The molecule has 1 aromatic carbocycles. The van der Waals surface area contributed by atoms with Gasteiger partial charge in [-0.15, -0.1) is 0 Å². The van der Waals surface area contributed by atoms with Gasteiger partial charge in [0.2, 0.25) is 12.0 Å². The van der Waals surface area contributed by atoms with Crippen LogP contribution in [0.5, 0.6) is 5.75 Å². The number of halogens is 1. The van der Waals surface area contributed by atoms with E-state index >= 15 is 0 Å². The topological polar surface area (TPSA) is 43.4 Å². The number of hydrogen-bond acceptors (Lipinski definition) is 3. The van der Waals surface area contributed by atoms with E-state index in [-0.39, 0.29) is 17.7 Å². The van der Waals surface area contributed by atoms with Crippen LogP contribution in [0.25, 0.3) is 0 Å². The number of benzene rings is 1. The van der Waals surface area contributed by atoms with Crippen molar-refractivity contribution in [3.63, 3.8) is 0 Å². The summed E-state index contributed by atoms with van der Waals surface area (Å²) >= 11 is 0. The third kappa shape index (κ3) is 3.39. The summed E-state index contributed by atoms with van der Waals surface area (Å²) in [5.41, 5.74) is 0.109. The van der Waals surface area contributed by atoms with Gasteiger partial charge in [-0.25, -0.2) is 4.39 Å². The molecule has 0 bridgehead atoms. The van der Waals surface area contributed by atoms with Gasteiger partial charge in [0.25, 0.3) is 0 Å². The van der Waals surface area contributed by atoms with E-state index in [1.54, 1.807) is 18.2 Å². The van der Waals surface area contributed by atoms with Crippen molar-refractivity contribution in [1.29, 1.82) is 0 Å². The maximum atomic E-state index is 13.8. The summed E-state index contributed by atoms with van der Waals surface area (Å²) in [6.45, 7) is 1.91. The van der Waals surface area contributed by atoms with Gasteiger partial charge >= 0.3 is 0 Å². The molecule has 18 heavy (non-hydrogen) atoms. The molecule has 0 heterocycles. The number of hydrogen-bond donors (Lipinski definition) is 0. The van der Waals surface area contributed by atoms with Crippen LogP contribution >= 0.6 is 0 Å². The quantitative estimate of drug-likeness (QED) is 0.553. The lowest BCUT2D eigenvalue weighted by molar-refractivity contribution is -0.122. The van der Waals surface area contributed by atoms with E-state index < -0.39 is 17.7 Å². The third-order valence-electron chi connectivity index (χ3n) is 2.66. The molecule has 1 unspecified atom stereocenters. The summed E-state index contributed by atoms with van der Waals surface area (Å²) in [5.74, 6) is -1.20. The molecule has 0 amide bonds. The van der Waals surface area contributed by atoms with E-state index in [0.29, 0.717) is 6.42 Å². The molecule has 0 fully saturated rings. The van der Waals surface area contributed by atoms with Crippen LogP contribution in [0.15, 0.2) is 24.3 Å². The number of Topliss-reactive ketones (excluding diaryl/α,β-unsaturated/α-hetero) is 2. The van der Waals surface area contributed by atoms with Gasteiger partial charge in [-0.1, -0.05) is 25.5 Å². The fourth-order valence-corrected chi connectivity index (χ4v) is 1.61. The van der Waals surface area contributed by atoms with Gasteiger partial charge in [0.15, 0.2) is 5.78 Å². The summed E-state index contributed by atoms with van der Waals surface area (Å²) in [5, 5.41) is 0. The van der Waals surface area contributed by atoms with Crippen molar-refractivity contribution in [1.82, 2.24) is 0 Å². The molecule has 0 saturated heterocycles. The Morgan fingerprint density at radius 2 is 2.00 bits per heavy atom. The van der Waals surface area contributed by atoms with E-state index in [1.165, 1.54) is 13.2 Å². The van der Waals surface area contributed by atoms with Crippen LogP contribution in [-0.2, 0) is 4.79 Å². The first-order chi connectivity index (χ1) is 8.61. The van der Waals surface area contributed by atoms with Gasteiger partial charge in [0, 0.05) is 6.42 Å². The van der Waals surface area contributed by atoms with E-state index in [4.69, 9.17) is 4.74 Å².